The second-order valence-electron chi connectivity index (χ2n) is 5.63. The van der Waals surface area contributed by atoms with Crippen LogP contribution >= 0.6 is 0 Å². The first-order valence-electron chi connectivity index (χ1n) is 7.06. The summed E-state index contributed by atoms with van der Waals surface area (Å²) >= 11 is 0. The molecule has 1 rings (SSSR count). The SMILES string of the molecule is COCCN(C(C)C1CC1)C(C)(CN)C(OC)OC. The number of hydrogen-bond acceptors (Lipinski definition) is 5. The molecule has 2 unspecified atom stereocenters. The van der Waals surface area contributed by atoms with E-state index in [-0.39, 0.29) is 11.8 Å². The van der Waals surface area contributed by atoms with Gasteiger partial charge in [-0.3, -0.25) is 4.90 Å². The molecule has 2 N–H and O–H groups in total. The average molecular weight is 274 g/mol. The minimum Gasteiger partial charge on any atom is -0.383 e. The van der Waals surface area contributed by atoms with Crippen LogP contribution in [-0.2, 0) is 14.2 Å². The molecule has 0 spiro atoms. The van der Waals surface area contributed by atoms with E-state index in [1.54, 1.807) is 21.3 Å². The first kappa shape index (κ1) is 16.9. The Bertz CT molecular complexity index is 257. The molecule has 0 bridgehead atoms. The van der Waals surface area contributed by atoms with E-state index in [1.165, 1.54) is 12.8 Å². The fourth-order valence-electron chi connectivity index (χ4n) is 2.90. The molecule has 0 saturated heterocycles. The van der Waals surface area contributed by atoms with E-state index in [1.807, 2.05) is 0 Å². The van der Waals surface area contributed by atoms with Crippen LogP contribution in [0.25, 0.3) is 0 Å². The third kappa shape index (κ3) is 3.89. The van der Waals surface area contributed by atoms with Gasteiger partial charge in [-0.05, 0) is 32.6 Å². The molecule has 0 aliphatic heterocycles. The van der Waals surface area contributed by atoms with Crippen LogP contribution in [-0.4, -0.2) is 63.8 Å². The lowest BCUT2D eigenvalue weighted by Crippen LogP contribution is -2.63. The van der Waals surface area contributed by atoms with Crippen LogP contribution in [0.3, 0.4) is 0 Å². The van der Waals surface area contributed by atoms with Gasteiger partial charge in [0.2, 0.25) is 0 Å². The average Bonchev–Trinajstić information content (AvgIpc) is 3.24. The Hall–Kier alpha value is -0.200. The largest absolute Gasteiger partial charge is 0.383 e. The molecule has 1 fully saturated rings. The van der Waals surface area contributed by atoms with Gasteiger partial charge < -0.3 is 19.9 Å². The third-order valence-electron chi connectivity index (χ3n) is 4.34. The van der Waals surface area contributed by atoms with Crippen molar-refractivity contribution in [2.75, 3.05) is 41.0 Å². The summed E-state index contributed by atoms with van der Waals surface area (Å²) in [5.74, 6) is 0.761. The maximum atomic E-state index is 6.05. The molecule has 1 aliphatic carbocycles. The van der Waals surface area contributed by atoms with Crippen molar-refractivity contribution >= 4 is 0 Å². The molecule has 2 atom stereocenters. The van der Waals surface area contributed by atoms with Crippen LogP contribution in [0.5, 0.6) is 0 Å². The third-order valence-corrected chi connectivity index (χ3v) is 4.34. The summed E-state index contributed by atoms with van der Waals surface area (Å²) in [5, 5.41) is 0. The summed E-state index contributed by atoms with van der Waals surface area (Å²) in [5.41, 5.74) is 5.70. The van der Waals surface area contributed by atoms with Crippen molar-refractivity contribution in [2.45, 2.75) is 44.6 Å². The second-order valence-corrected chi connectivity index (χ2v) is 5.63. The van der Waals surface area contributed by atoms with E-state index in [0.29, 0.717) is 19.2 Å². The Morgan fingerprint density at radius 1 is 1.26 bits per heavy atom. The number of nitrogens with two attached hydrogens (primary N) is 1. The van der Waals surface area contributed by atoms with Crippen LogP contribution in [0.15, 0.2) is 0 Å². The van der Waals surface area contributed by atoms with Gasteiger partial charge in [0.25, 0.3) is 0 Å². The van der Waals surface area contributed by atoms with Crippen LogP contribution in [0.4, 0.5) is 0 Å². The molecule has 0 aromatic rings. The maximum absolute atomic E-state index is 6.05. The highest BCUT2D eigenvalue weighted by Crippen LogP contribution is 2.38. The van der Waals surface area contributed by atoms with Crippen molar-refractivity contribution in [2.24, 2.45) is 11.7 Å². The Kier molecular flexibility index (Phi) is 6.69. The van der Waals surface area contributed by atoms with E-state index in [9.17, 15) is 0 Å². The van der Waals surface area contributed by atoms with E-state index in [2.05, 4.69) is 18.7 Å². The molecule has 114 valence electrons. The predicted molar refractivity (Wildman–Crippen MR) is 76.0 cm³/mol. The predicted octanol–water partition coefficient (Wildman–Crippen LogP) is 1.07. The van der Waals surface area contributed by atoms with Gasteiger partial charge in [0.1, 0.15) is 0 Å². The van der Waals surface area contributed by atoms with Crippen molar-refractivity contribution < 1.29 is 14.2 Å². The Balaban J connectivity index is 2.88. The zero-order valence-corrected chi connectivity index (χ0v) is 13.0. The lowest BCUT2D eigenvalue weighted by molar-refractivity contribution is -0.190. The topological polar surface area (TPSA) is 57.0 Å². The summed E-state index contributed by atoms with van der Waals surface area (Å²) in [7, 11) is 5.06. The zero-order chi connectivity index (χ0) is 14.5. The van der Waals surface area contributed by atoms with Gasteiger partial charge in [0.05, 0.1) is 12.1 Å². The molecule has 5 heteroatoms. The molecular formula is C14H30N2O3. The van der Waals surface area contributed by atoms with Gasteiger partial charge in [-0.2, -0.15) is 0 Å². The molecule has 1 aliphatic rings. The molecule has 0 heterocycles. The van der Waals surface area contributed by atoms with Gasteiger partial charge in [0.15, 0.2) is 6.29 Å². The summed E-state index contributed by atoms with van der Waals surface area (Å²) in [6.07, 6.45) is 2.27. The fraction of sp³-hybridized carbons (Fsp3) is 1.00. The van der Waals surface area contributed by atoms with Crippen LogP contribution in [0, 0.1) is 5.92 Å². The molecule has 0 aromatic carbocycles. The zero-order valence-electron chi connectivity index (χ0n) is 13.0. The fourth-order valence-corrected chi connectivity index (χ4v) is 2.90. The maximum Gasteiger partial charge on any atom is 0.176 e. The monoisotopic (exact) mass is 274 g/mol. The van der Waals surface area contributed by atoms with Crippen LogP contribution < -0.4 is 5.73 Å². The highest BCUT2D eigenvalue weighted by molar-refractivity contribution is 4.97. The van der Waals surface area contributed by atoms with Gasteiger partial charge >= 0.3 is 0 Å². The number of rotatable bonds is 10. The van der Waals surface area contributed by atoms with Crippen molar-refractivity contribution in [3.63, 3.8) is 0 Å². The molecule has 0 amide bonds. The lowest BCUT2D eigenvalue weighted by atomic mass is 9.95. The molecule has 5 nitrogen and oxygen atoms in total. The van der Waals surface area contributed by atoms with Crippen molar-refractivity contribution in [1.29, 1.82) is 0 Å². The highest BCUT2D eigenvalue weighted by Gasteiger charge is 2.45. The van der Waals surface area contributed by atoms with Crippen LogP contribution in [0.1, 0.15) is 26.7 Å². The number of methoxy groups -OCH3 is 3. The number of nitrogens with zero attached hydrogens (tertiary/aromatic N) is 1. The molecule has 19 heavy (non-hydrogen) atoms. The van der Waals surface area contributed by atoms with E-state index < -0.39 is 0 Å². The van der Waals surface area contributed by atoms with E-state index >= 15 is 0 Å². The Morgan fingerprint density at radius 3 is 2.21 bits per heavy atom. The molecule has 0 radical (unpaired) electrons. The second kappa shape index (κ2) is 7.55. The Morgan fingerprint density at radius 2 is 1.84 bits per heavy atom. The van der Waals surface area contributed by atoms with Crippen molar-refractivity contribution in [3.8, 4) is 0 Å². The number of ether oxygens (including phenoxy) is 3. The standard InChI is InChI=1S/C14H30N2O3/c1-11(12-6-7-12)16(8-9-17-3)14(2,10-15)13(18-4)19-5/h11-13H,6-10,15H2,1-5H3. The first-order valence-corrected chi connectivity index (χ1v) is 7.06. The van der Waals surface area contributed by atoms with Gasteiger partial charge in [0, 0.05) is 40.5 Å². The summed E-state index contributed by atoms with van der Waals surface area (Å²) in [4.78, 5) is 2.39. The van der Waals surface area contributed by atoms with Gasteiger partial charge in [-0.15, -0.1) is 0 Å². The van der Waals surface area contributed by atoms with E-state index in [4.69, 9.17) is 19.9 Å². The summed E-state index contributed by atoms with van der Waals surface area (Å²) in [6.45, 7) is 6.39. The smallest absolute Gasteiger partial charge is 0.176 e. The summed E-state index contributed by atoms with van der Waals surface area (Å²) in [6, 6.07) is 0.469. The molecular weight excluding hydrogens is 244 g/mol. The summed E-state index contributed by atoms with van der Waals surface area (Å²) < 4.78 is 16.2. The lowest BCUT2D eigenvalue weighted by Gasteiger charge is -2.47. The minimum absolute atomic E-state index is 0.337. The van der Waals surface area contributed by atoms with Gasteiger partial charge in [-0.1, -0.05) is 0 Å². The van der Waals surface area contributed by atoms with Crippen LogP contribution in [0.2, 0.25) is 0 Å². The van der Waals surface area contributed by atoms with Crippen molar-refractivity contribution in [1.82, 2.24) is 4.90 Å². The van der Waals surface area contributed by atoms with Gasteiger partial charge in [-0.25, -0.2) is 0 Å². The molecule has 0 aromatic heterocycles. The quantitative estimate of drug-likeness (QED) is 0.604. The first-order chi connectivity index (χ1) is 9.04. The van der Waals surface area contributed by atoms with Crippen molar-refractivity contribution in [3.05, 3.63) is 0 Å². The Labute approximate surface area is 117 Å². The van der Waals surface area contributed by atoms with E-state index in [0.717, 1.165) is 12.5 Å². The number of hydrogen-bond donors (Lipinski definition) is 1. The normalized spacial score (nSPS) is 20.8. The minimum atomic E-state index is -0.343. The highest BCUT2D eigenvalue weighted by atomic mass is 16.7. The molecule has 1 saturated carbocycles.